The molecule has 0 spiro atoms. The van der Waals surface area contributed by atoms with Crippen molar-refractivity contribution in [1.82, 2.24) is 6.15 Å². The third-order valence-electron chi connectivity index (χ3n) is 0. The first-order valence-electron chi connectivity index (χ1n) is 1.86. The third kappa shape index (κ3) is 6410. The molecule has 5 N–H and O–H groups in total. The Bertz CT molecular complexity index is 45.8. The molecule has 0 heterocycles. The average Bonchev–Trinajstić information content (AvgIpc) is 1.33. The van der Waals surface area contributed by atoms with Gasteiger partial charge in [0.05, 0.1) is 0 Å². The second-order valence-corrected chi connectivity index (χ2v) is 2.88. The fourth-order valence-corrected chi connectivity index (χ4v) is 0. The first kappa shape index (κ1) is 15.7. The molecule has 0 aromatic rings. The Morgan fingerprint density at radius 3 is 1.62 bits per heavy atom. The summed E-state index contributed by atoms with van der Waals surface area (Å²) in [6, 6.07) is 0. The van der Waals surface area contributed by atoms with Crippen LogP contribution in [0.5, 0.6) is 0 Å². The summed E-state index contributed by atoms with van der Waals surface area (Å²) in [5.74, 6) is 0. The third-order valence-corrected chi connectivity index (χ3v) is 0. The molecule has 0 bridgehead atoms. The van der Waals surface area contributed by atoms with Crippen LogP contribution in [-0.4, -0.2) is 16.4 Å². The second-order valence-electron chi connectivity index (χ2n) is 0.783. The van der Waals surface area contributed by atoms with Crippen molar-refractivity contribution >= 4 is 6.16 Å². The SMILES string of the molecule is C[CH2][Zn].N.O=C(O)O. The molecule has 0 aliphatic carbocycles. The van der Waals surface area contributed by atoms with Crippen molar-refractivity contribution in [3.63, 3.8) is 0 Å². The van der Waals surface area contributed by atoms with Crippen LogP contribution in [0.1, 0.15) is 6.92 Å². The van der Waals surface area contributed by atoms with Gasteiger partial charge in [0.15, 0.2) is 0 Å². The van der Waals surface area contributed by atoms with Gasteiger partial charge < -0.3 is 16.4 Å². The molecule has 0 saturated carbocycles. The Balaban J connectivity index is -0.0000000575. The monoisotopic (exact) mass is 172 g/mol. The zero-order valence-corrected chi connectivity index (χ0v) is 7.89. The molecule has 0 aliphatic heterocycles. The van der Waals surface area contributed by atoms with Gasteiger partial charge >= 0.3 is 36.4 Å². The molecule has 5 heteroatoms. The summed E-state index contributed by atoms with van der Waals surface area (Å²) >= 11 is 1.44. The Morgan fingerprint density at radius 2 is 1.62 bits per heavy atom. The number of carbonyl (C=O) groups is 1. The van der Waals surface area contributed by atoms with Crippen LogP contribution in [0.25, 0.3) is 0 Å². The molecule has 0 aromatic carbocycles. The Labute approximate surface area is 58.2 Å². The standard InChI is InChI=1S/C2H5.CH2O3.H3N.Zn/c1-2;2-1(3)4;;/h1H2,2H3;(H2,2,3,4);1H3;. The van der Waals surface area contributed by atoms with Gasteiger partial charge in [0.2, 0.25) is 0 Å². The summed E-state index contributed by atoms with van der Waals surface area (Å²) in [5, 5.41) is 15.3. The first-order chi connectivity index (χ1) is 3.15. The molecule has 0 radical (unpaired) electrons. The van der Waals surface area contributed by atoms with E-state index in [9.17, 15) is 0 Å². The topological polar surface area (TPSA) is 92.5 Å². The number of rotatable bonds is 0. The summed E-state index contributed by atoms with van der Waals surface area (Å²) in [7, 11) is 0. The first-order valence-corrected chi connectivity index (χ1v) is 3.96. The molecule has 4 nitrogen and oxygen atoms in total. The van der Waals surface area contributed by atoms with Gasteiger partial charge in [0, 0.05) is 0 Å². The van der Waals surface area contributed by atoms with Crippen LogP contribution in [0, 0.1) is 0 Å². The van der Waals surface area contributed by atoms with Gasteiger partial charge in [-0.05, 0) is 0 Å². The van der Waals surface area contributed by atoms with Crippen LogP contribution in [0.2, 0.25) is 5.02 Å². The van der Waals surface area contributed by atoms with E-state index < -0.39 is 6.16 Å². The summed E-state index contributed by atoms with van der Waals surface area (Å²) < 4.78 is 0. The van der Waals surface area contributed by atoms with Gasteiger partial charge in [-0.25, -0.2) is 4.79 Å². The van der Waals surface area contributed by atoms with Gasteiger partial charge in [-0.15, -0.1) is 0 Å². The van der Waals surface area contributed by atoms with E-state index in [1.165, 1.54) is 23.3 Å². The van der Waals surface area contributed by atoms with E-state index in [1.54, 1.807) is 0 Å². The van der Waals surface area contributed by atoms with E-state index in [1.807, 2.05) is 0 Å². The molecule has 0 rings (SSSR count). The van der Waals surface area contributed by atoms with E-state index in [4.69, 9.17) is 15.0 Å². The summed E-state index contributed by atoms with van der Waals surface area (Å²) in [4.78, 5) is 8.56. The van der Waals surface area contributed by atoms with Crippen molar-refractivity contribution in [3.8, 4) is 0 Å². The van der Waals surface area contributed by atoms with Crippen molar-refractivity contribution in [2.45, 2.75) is 11.9 Å². The fraction of sp³-hybridized carbons (Fsp3) is 0.667. The van der Waals surface area contributed by atoms with Crippen molar-refractivity contribution in [2.75, 3.05) is 0 Å². The summed E-state index contributed by atoms with van der Waals surface area (Å²) in [5.41, 5.74) is 0. The quantitative estimate of drug-likeness (QED) is 0.482. The largest absolute Gasteiger partial charge is 0.503 e. The minimum atomic E-state index is -1.83. The normalized spacial score (nSPS) is 5.38. The smallest absolute Gasteiger partial charge is 0.450 e. The Kier molecular flexibility index (Phi) is 31.0. The van der Waals surface area contributed by atoms with Crippen LogP contribution in [0.4, 0.5) is 4.79 Å². The van der Waals surface area contributed by atoms with Crippen molar-refractivity contribution < 1.29 is 33.3 Å². The van der Waals surface area contributed by atoms with Gasteiger partial charge in [-0.1, -0.05) is 0 Å². The van der Waals surface area contributed by atoms with Crippen LogP contribution in [0.3, 0.4) is 0 Å². The molecule has 47 valence electrons. The van der Waals surface area contributed by atoms with E-state index in [0.717, 1.165) is 0 Å². The maximum absolute atomic E-state index is 8.56. The maximum Gasteiger partial charge on any atom is 0.503 e. The molecule has 0 aliphatic rings. The van der Waals surface area contributed by atoms with Gasteiger partial charge in [0.1, 0.15) is 0 Å². The van der Waals surface area contributed by atoms with Crippen LogP contribution >= 0.6 is 0 Å². The summed E-state index contributed by atoms with van der Waals surface area (Å²) in [6.45, 7) is 2.18. The molecular formula is C3H10NO3Zn. The minimum Gasteiger partial charge on any atom is -0.450 e. The van der Waals surface area contributed by atoms with Crippen molar-refractivity contribution in [1.29, 1.82) is 0 Å². The molecule has 0 saturated heterocycles. The zero-order valence-electron chi connectivity index (χ0n) is 4.92. The number of hydrogen-bond acceptors (Lipinski definition) is 2. The Hall–Kier alpha value is -0.147. The minimum absolute atomic E-state index is 0. The van der Waals surface area contributed by atoms with Gasteiger partial charge in [-0.3, -0.25) is 0 Å². The molecule has 8 heavy (non-hydrogen) atoms. The molecular weight excluding hydrogens is 163 g/mol. The van der Waals surface area contributed by atoms with E-state index in [0.29, 0.717) is 0 Å². The van der Waals surface area contributed by atoms with Crippen LogP contribution in [-0.2, 0) is 18.3 Å². The molecule has 0 amide bonds. The predicted octanol–water partition coefficient (Wildman–Crippen LogP) is 1.36. The van der Waals surface area contributed by atoms with Gasteiger partial charge in [0.25, 0.3) is 0 Å². The number of hydrogen-bond donors (Lipinski definition) is 3. The molecule has 0 unspecified atom stereocenters. The van der Waals surface area contributed by atoms with Gasteiger partial charge in [-0.2, -0.15) is 0 Å². The molecule has 0 aromatic heterocycles. The average molecular weight is 174 g/mol. The van der Waals surface area contributed by atoms with Crippen LogP contribution < -0.4 is 6.15 Å². The van der Waals surface area contributed by atoms with E-state index in [-0.39, 0.29) is 6.15 Å². The number of carboxylic acid groups (broad SMARTS) is 2. The molecule has 0 atom stereocenters. The second kappa shape index (κ2) is 15.8. The fourth-order valence-electron chi connectivity index (χ4n) is 0. The van der Waals surface area contributed by atoms with E-state index >= 15 is 0 Å². The molecule has 0 fully saturated rings. The Morgan fingerprint density at radius 1 is 1.62 bits per heavy atom. The van der Waals surface area contributed by atoms with Crippen LogP contribution in [0.15, 0.2) is 0 Å². The maximum atomic E-state index is 8.56. The predicted molar refractivity (Wildman–Crippen MR) is 26.2 cm³/mol. The summed E-state index contributed by atoms with van der Waals surface area (Å²) in [6.07, 6.45) is -1.83. The van der Waals surface area contributed by atoms with Crippen molar-refractivity contribution in [3.05, 3.63) is 0 Å². The van der Waals surface area contributed by atoms with Crippen molar-refractivity contribution in [2.24, 2.45) is 0 Å². The van der Waals surface area contributed by atoms with E-state index in [2.05, 4.69) is 6.92 Å². The zero-order chi connectivity index (χ0) is 6.28.